The van der Waals surface area contributed by atoms with Gasteiger partial charge < -0.3 is 37.2 Å². The SMILES string of the molecule is C[N+](C)(C)c1ccccc1.C[N+](C)(C)c1ccccc1.C[N+](C)(C)c1ccccc1.[Cl-].[Cl-].[Cl-]. The Balaban J connectivity index is -0.000000391. The molecule has 0 amide bonds. The first-order valence-electron chi connectivity index (χ1n) is 10.4. The van der Waals surface area contributed by atoms with E-state index < -0.39 is 0 Å². The smallest absolute Gasteiger partial charge is 0.132 e. The van der Waals surface area contributed by atoms with E-state index in [2.05, 4.69) is 136 Å². The minimum atomic E-state index is 0. The third kappa shape index (κ3) is 15.0. The summed E-state index contributed by atoms with van der Waals surface area (Å²) in [6.07, 6.45) is 0. The Morgan fingerprint density at radius 1 is 0.303 bits per heavy atom. The Morgan fingerprint density at radius 3 is 0.545 bits per heavy atom. The number of quaternary nitrogens is 3. The van der Waals surface area contributed by atoms with E-state index in [0.717, 1.165) is 13.4 Å². The van der Waals surface area contributed by atoms with Gasteiger partial charge >= 0.3 is 0 Å². The molecule has 0 unspecified atom stereocenters. The summed E-state index contributed by atoms with van der Waals surface area (Å²) in [5, 5.41) is 0. The van der Waals surface area contributed by atoms with Crippen LogP contribution in [0.15, 0.2) is 91.0 Å². The molecule has 0 aliphatic heterocycles. The van der Waals surface area contributed by atoms with Crippen molar-refractivity contribution in [2.24, 2.45) is 0 Å². The molecule has 0 saturated heterocycles. The first-order chi connectivity index (χ1) is 13.8. The number of nitrogens with zero attached hydrogens (tertiary/aromatic N) is 3. The average Bonchev–Trinajstić information content (AvgIpc) is 2.69. The maximum atomic E-state index is 2.16. The Morgan fingerprint density at radius 2 is 0.455 bits per heavy atom. The lowest BCUT2D eigenvalue weighted by atomic mass is 10.3. The van der Waals surface area contributed by atoms with Crippen molar-refractivity contribution in [2.75, 3.05) is 63.4 Å². The fourth-order valence-electron chi connectivity index (χ4n) is 2.63. The van der Waals surface area contributed by atoms with E-state index in [1.54, 1.807) is 0 Å². The molecule has 0 bridgehead atoms. The number of hydrogen-bond acceptors (Lipinski definition) is 0. The summed E-state index contributed by atoms with van der Waals surface area (Å²) in [4.78, 5) is 0. The number of hydrogen-bond donors (Lipinski definition) is 0. The van der Waals surface area contributed by atoms with Crippen molar-refractivity contribution in [1.82, 2.24) is 13.4 Å². The molecule has 0 radical (unpaired) electrons. The molecule has 3 aromatic carbocycles. The van der Waals surface area contributed by atoms with E-state index in [0.29, 0.717) is 0 Å². The number of benzene rings is 3. The second-order valence-corrected chi connectivity index (χ2v) is 10.0. The third-order valence-corrected chi connectivity index (χ3v) is 4.59. The molecule has 0 aromatic heterocycles. The van der Waals surface area contributed by atoms with Gasteiger partial charge in [0.1, 0.15) is 17.1 Å². The van der Waals surface area contributed by atoms with Gasteiger partial charge in [-0.05, 0) is 36.4 Å². The normalized spacial score (nSPS) is 10.5. The molecule has 0 heterocycles. The summed E-state index contributed by atoms with van der Waals surface area (Å²) in [5.74, 6) is 0. The van der Waals surface area contributed by atoms with Crippen LogP contribution in [0.5, 0.6) is 0 Å². The molecular formula is C27H42Cl3N3. The number of halogens is 3. The summed E-state index contributed by atoms with van der Waals surface area (Å²) >= 11 is 0. The van der Waals surface area contributed by atoms with Gasteiger partial charge in [0.2, 0.25) is 0 Å². The van der Waals surface area contributed by atoms with Crippen molar-refractivity contribution >= 4 is 17.1 Å². The van der Waals surface area contributed by atoms with Crippen LogP contribution in [0.3, 0.4) is 0 Å². The van der Waals surface area contributed by atoms with Gasteiger partial charge in [0.15, 0.2) is 0 Å². The van der Waals surface area contributed by atoms with Crippen LogP contribution < -0.4 is 50.7 Å². The van der Waals surface area contributed by atoms with Crippen LogP contribution in [-0.2, 0) is 0 Å². The molecule has 33 heavy (non-hydrogen) atoms. The predicted octanol–water partition coefficient (Wildman–Crippen LogP) is -3.34. The molecule has 0 fully saturated rings. The van der Waals surface area contributed by atoms with Gasteiger partial charge in [0.25, 0.3) is 0 Å². The summed E-state index contributed by atoms with van der Waals surface area (Å²) < 4.78 is 2.67. The van der Waals surface area contributed by atoms with E-state index in [1.165, 1.54) is 17.1 Å². The molecule has 3 rings (SSSR count). The fourth-order valence-corrected chi connectivity index (χ4v) is 2.63. The van der Waals surface area contributed by atoms with Crippen LogP contribution in [-0.4, -0.2) is 63.4 Å². The van der Waals surface area contributed by atoms with Gasteiger partial charge in [0.05, 0.1) is 63.4 Å². The van der Waals surface area contributed by atoms with Crippen LogP contribution in [0.4, 0.5) is 17.1 Å². The Labute approximate surface area is 221 Å². The molecule has 6 heteroatoms. The van der Waals surface area contributed by atoms with Crippen molar-refractivity contribution in [1.29, 1.82) is 0 Å². The molecule has 0 aliphatic rings. The van der Waals surface area contributed by atoms with E-state index in [-0.39, 0.29) is 37.2 Å². The van der Waals surface area contributed by atoms with Crippen molar-refractivity contribution in [3.05, 3.63) is 91.0 Å². The molecule has 0 saturated carbocycles. The first-order valence-corrected chi connectivity index (χ1v) is 10.4. The Bertz CT molecular complexity index is 719. The highest BCUT2D eigenvalue weighted by atomic mass is 35.5. The second kappa shape index (κ2) is 16.1. The molecular weight excluding hydrogens is 473 g/mol. The summed E-state index contributed by atoms with van der Waals surface area (Å²) in [5.41, 5.74) is 4.01. The van der Waals surface area contributed by atoms with Crippen LogP contribution in [0.1, 0.15) is 0 Å². The summed E-state index contributed by atoms with van der Waals surface area (Å²) in [6.45, 7) is 0. The largest absolute Gasteiger partial charge is 1.00 e. The highest BCUT2D eigenvalue weighted by Crippen LogP contribution is 2.15. The van der Waals surface area contributed by atoms with Crippen molar-refractivity contribution in [2.45, 2.75) is 0 Å². The standard InChI is InChI=1S/3C9H14N.3ClH/c3*1-10(2,3)9-7-5-4-6-8-9;;;/h3*4-8H,1-3H3;3*1H/q3*+1;;;/p-3. The lowest BCUT2D eigenvalue weighted by molar-refractivity contribution is -0.00100. The highest BCUT2D eigenvalue weighted by molar-refractivity contribution is 5.41. The zero-order valence-corrected chi connectivity index (χ0v) is 23.9. The molecule has 0 aliphatic carbocycles. The average molecular weight is 515 g/mol. The summed E-state index contributed by atoms with van der Waals surface area (Å²) in [7, 11) is 19.5. The quantitative estimate of drug-likeness (QED) is 0.321. The highest BCUT2D eigenvalue weighted by Gasteiger charge is 2.10. The van der Waals surface area contributed by atoms with Gasteiger partial charge in [-0.25, -0.2) is 0 Å². The van der Waals surface area contributed by atoms with Crippen LogP contribution in [0, 0.1) is 0 Å². The monoisotopic (exact) mass is 513 g/mol. The lowest BCUT2D eigenvalue weighted by Crippen LogP contribution is -3.00. The minimum absolute atomic E-state index is 0. The Kier molecular flexibility index (Phi) is 17.6. The second-order valence-electron chi connectivity index (χ2n) is 10.0. The number of rotatable bonds is 3. The number of para-hydroxylation sites is 3. The van der Waals surface area contributed by atoms with E-state index >= 15 is 0 Å². The first kappa shape index (κ1) is 36.0. The zero-order chi connectivity index (χ0) is 22.8. The van der Waals surface area contributed by atoms with Crippen LogP contribution >= 0.6 is 0 Å². The summed E-state index contributed by atoms with van der Waals surface area (Å²) in [6, 6.07) is 31.4. The van der Waals surface area contributed by atoms with Crippen LogP contribution in [0.2, 0.25) is 0 Å². The van der Waals surface area contributed by atoms with Gasteiger partial charge in [0, 0.05) is 0 Å². The minimum Gasteiger partial charge on any atom is -1.00 e. The Hall–Kier alpha value is -1.59. The van der Waals surface area contributed by atoms with Crippen LogP contribution in [0.25, 0.3) is 0 Å². The molecule has 0 N–H and O–H groups in total. The van der Waals surface area contributed by atoms with Gasteiger partial charge in [-0.3, -0.25) is 13.4 Å². The third-order valence-electron chi connectivity index (χ3n) is 4.59. The van der Waals surface area contributed by atoms with Crippen molar-refractivity contribution in [3.8, 4) is 0 Å². The van der Waals surface area contributed by atoms with Gasteiger partial charge in [-0.2, -0.15) is 0 Å². The molecule has 186 valence electrons. The molecule has 0 spiro atoms. The fraction of sp³-hybridized carbons (Fsp3) is 0.333. The van der Waals surface area contributed by atoms with E-state index in [1.807, 2.05) is 18.2 Å². The molecule has 0 atom stereocenters. The van der Waals surface area contributed by atoms with Gasteiger partial charge in [-0.1, -0.05) is 54.6 Å². The van der Waals surface area contributed by atoms with E-state index in [9.17, 15) is 0 Å². The maximum absolute atomic E-state index is 2.16. The van der Waals surface area contributed by atoms with Crippen molar-refractivity contribution in [3.63, 3.8) is 0 Å². The lowest BCUT2D eigenvalue weighted by Gasteiger charge is -2.22. The van der Waals surface area contributed by atoms with Gasteiger partial charge in [-0.15, -0.1) is 0 Å². The zero-order valence-electron chi connectivity index (χ0n) is 21.6. The maximum Gasteiger partial charge on any atom is 0.132 e. The van der Waals surface area contributed by atoms with E-state index in [4.69, 9.17) is 0 Å². The molecule has 3 aromatic rings. The predicted molar refractivity (Wildman–Crippen MR) is 138 cm³/mol. The topological polar surface area (TPSA) is 0 Å². The molecule has 3 nitrogen and oxygen atoms in total. The van der Waals surface area contributed by atoms with Crippen molar-refractivity contribution < 1.29 is 37.2 Å².